The van der Waals surface area contributed by atoms with Crippen molar-refractivity contribution in [2.45, 2.75) is 24.5 Å². The summed E-state index contributed by atoms with van der Waals surface area (Å²) in [5.74, 6) is 0.0212. The maximum Gasteiger partial charge on any atom is 0.335 e. The van der Waals surface area contributed by atoms with E-state index in [9.17, 15) is 4.79 Å². The predicted octanol–water partition coefficient (Wildman–Crippen LogP) is 4.29. The summed E-state index contributed by atoms with van der Waals surface area (Å²) in [6, 6.07) is 13.7. The number of hydrogen-bond acceptors (Lipinski definition) is 2. The van der Waals surface area contributed by atoms with Crippen molar-refractivity contribution in [1.82, 2.24) is 0 Å². The van der Waals surface area contributed by atoms with Crippen molar-refractivity contribution in [2.75, 3.05) is 0 Å². The van der Waals surface area contributed by atoms with Crippen LogP contribution in [0.3, 0.4) is 0 Å². The van der Waals surface area contributed by atoms with E-state index in [1.807, 2.05) is 13.0 Å². The zero-order valence-electron chi connectivity index (χ0n) is 11.0. The molecular weight excluding hydrogens is 256 g/mol. The molecule has 0 radical (unpaired) electrons. The third-order valence-electron chi connectivity index (χ3n) is 2.90. The van der Waals surface area contributed by atoms with Crippen LogP contribution in [0.25, 0.3) is 0 Å². The number of thioether (sulfide) groups is 1. The molecule has 0 saturated heterocycles. The Morgan fingerprint density at radius 2 is 1.95 bits per heavy atom. The molecule has 2 rings (SSSR count). The fourth-order valence-electron chi connectivity index (χ4n) is 1.91. The van der Waals surface area contributed by atoms with Crippen LogP contribution in [0, 0.1) is 13.8 Å². The summed E-state index contributed by atoms with van der Waals surface area (Å²) in [7, 11) is 0. The molecule has 0 heterocycles. The first-order valence-corrected chi connectivity index (χ1v) is 7.07. The molecule has 19 heavy (non-hydrogen) atoms. The lowest BCUT2D eigenvalue weighted by atomic mass is 10.1. The molecule has 2 aromatic rings. The Balaban J connectivity index is 2.10. The lowest BCUT2D eigenvalue weighted by Crippen LogP contribution is -1.96. The number of hydrogen-bond donors (Lipinski definition) is 1. The Morgan fingerprint density at radius 3 is 2.58 bits per heavy atom. The second-order valence-corrected chi connectivity index (χ2v) is 5.58. The smallest absolute Gasteiger partial charge is 0.335 e. The van der Waals surface area contributed by atoms with Crippen LogP contribution in [0.15, 0.2) is 47.4 Å². The van der Waals surface area contributed by atoms with Crippen LogP contribution < -0.4 is 0 Å². The van der Waals surface area contributed by atoms with Crippen LogP contribution in [-0.2, 0) is 5.75 Å². The van der Waals surface area contributed by atoms with Crippen molar-refractivity contribution in [3.8, 4) is 0 Å². The van der Waals surface area contributed by atoms with Gasteiger partial charge in [-0.15, -0.1) is 11.8 Å². The number of carboxylic acids is 1. The number of rotatable bonds is 4. The Morgan fingerprint density at radius 1 is 1.16 bits per heavy atom. The standard InChI is InChI=1S/C16H16O2S/c1-11-4-3-5-13(8-11)10-19-15-7-6-14(16(17)18)9-12(15)2/h3-9H,10H2,1-2H3,(H,17,18). The lowest BCUT2D eigenvalue weighted by Gasteiger charge is -2.07. The summed E-state index contributed by atoms with van der Waals surface area (Å²) in [5.41, 5.74) is 3.90. The monoisotopic (exact) mass is 272 g/mol. The van der Waals surface area contributed by atoms with Crippen LogP contribution in [0.1, 0.15) is 27.0 Å². The third-order valence-corrected chi connectivity index (χ3v) is 4.15. The molecule has 0 saturated carbocycles. The molecule has 98 valence electrons. The van der Waals surface area contributed by atoms with E-state index in [-0.39, 0.29) is 0 Å². The Hall–Kier alpha value is -1.74. The molecule has 0 atom stereocenters. The summed E-state index contributed by atoms with van der Waals surface area (Å²) in [6.45, 7) is 4.03. The van der Waals surface area contributed by atoms with Gasteiger partial charge in [-0.3, -0.25) is 0 Å². The average molecular weight is 272 g/mol. The highest BCUT2D eigenvalue weighted by molar-refractivity contribution is 7.98. The molecular formula is C16H16O2S. The highest BCUT2D eigenvalue weighted by atomic mass is 32.2. The molecule has 2 aromatic carbocycles. The van der Waals surface area contributed by atoms with Crippen LogP contribution in [0.4, 0.5) is 0 Å². The topological polar surface area (TPSA) is 37.3 Å². The largest absolute Gasteiger partial charge is 0.478 e. The van der Waals surface area contributed by atoms with E-state index in [0.717, 1.165) is 16.2 Å². The van der Waals surface area contributed by atoms with Gasteiger partial charge in [0.2, 0.25) is 0 Å². The molecule has 0 amide bonds. The van der Waals surface area contributed by atoms with E-state index in [0.29, 0.717) is 5.56 Å². The molecule has 1 N–H and O–H groups in total. The van der Waals surface area contributed by atoms with Crippen molar-refractivity contribution >= 4 is 17.7 Å². The quantitative estimate of drug-likeness (QED) is 0.843. The van der Waals surface area contributed by atoms with Crippen molar-refractivity contribution in [1.29, 1.82) is 0 Å². The van der Waals surface area contributed by atoms with Crippen molar-refractivity contribution < 1.29 is 9.90 Å². The summed E-state index contributed by atoms with van der Waals surface area (Å²) in [6.07, 6.45) is 0. The number of aryl methyl sites for hydroxylation is 2. The van der Waals surface area contributed by atoms with Crippen LogP contribution >= 0.6 is 11.8 Å². The van der Waals surface area contributed by atoms with E-state index in [2.05, 4.69) is 31.2 Å². The first kappa shape index (κ1) is 13.7. The molecule has 0 aliphatic carbocycles. The maximum absolute atomic E-state index is 10.9. The van der Waals surface area contributed by atoms with Gasteiger partial charge in [-0.05, 0) is 43.2 Å². The van der Waals surface area contributed by atoms with Gasteiger partial charge in [-0.1, -0.05) is 29.8 Å². The number of carboxylic acid groups (broad SMARTS) is 1. The van der Waals surface area contributed by atoms with Gasteiger partial charge < -0.3 is 5.11 Å². The second kappa shape index (κ2) is 5.93. The minimum atomic E-state index is -0.877. The molecule has 0 aliphatic heterocycles. The third kappa shape index (κ3) is 3.61. The average Bonchev–Trinajstić information content (AvgIpc) is 2.37. The molecule has 0 spiro atoms. The van der Waals surface area contributed by atoms with Crippen LogP contribution in [-0.4, -0.2) is 11.1 Å². The Bertz CT molecular complexity index is 605. The van der Waals surface area contributed by atoms with Crippen LogP contribution in [0.2, 0.25) is 0 Å². The van der Waals surface area contributed by atoms with Crippen molar-refractivity contribution in [2.24, 2.45) is 0 Å². The summed E-state index contributed by atoms with van der Waals surface area (Å²) < 4.78 is 0. The molecule has 0 unspecified atom stereocenters. The van der Waals surface area contributed by atoms with Crippen LogP contribution in [0.5, 0.6) is 0 Å². The molecule has 0 bridgehead atoms. The van der Waals surface area contributed by atoms with E-state index in [1.54, 1.807) is 23.9 Å². The molecule has 0 aliphatic rings. The fraction of sp³-hybridized carbons (Fsp3) is 0.188. The molecule has 0 fully saturated rings. The van der Waals surface area contributed by atoms with E-state index >= 15 is 0 Å². The van der Waals surface area contributed by atoms with Gasteiger partial charge in [-0.2, -0.15) is 0 Å². The number of benzene rings is 2. The zero-order chi connectivity index (χ0) is 13.8. The normalized spacial score (nSPS) is 10.4. The molecule has 0 aromatic heterocycles. The summed E-state index contributed by atoms with van der Waals surface area (Å²) in [5, 5.41) is 8.93. The summed E-state index contributed by atoms with van der Waals surface area (Å²) in [4.78, 5) is 12.0. The minimum Gasteiger partial charge on any atom is -0.478 e. The van der Waals surface area contributed by atoms with Gasteiger partial charge in [-0.25, -0.2) is 4.79 Å². The van der Waals surface area contributed by atoms with E-state index in [1.165, 1.54) is 11.1 Å². The summed E-state index contributed by atoms with van der Waals surface area (Å²) >= 11 is 1.74. The zero-order valence-corrected chi connectivity index (χ0v) is 11.8. The number of aromatic carboxylic acids is 1. The fourth-order valence-corrected chi connectivity index (χ4v) is 2.86. The molecule has 3 heteroatoms. The highest BCUT2D eigenvalue weighted by Crippen LogP contribution is 2.27. The maximum atomic E-state index is 10.9. The molecule has 2 nitrogen and oxygen atoms in total. The van der Waals surface area contributed by atoms with Gasteiger partial charge in [0.25, 0.3) is 0 Å². The first-order valence-electron chi connectivity index (χ1n) is 6.08. The Kier molecular flexibility index (Phi) is 4.27. The van der Waals surface area contributed by atoms with Gasteiger partial charge in [0.05, 0.1) is 5.56 Å². The lowest BCUT2D eigenvalue weighted by molar-refractivity contribution is 0.0696. The van der Waals surface area contributed by atoms with Crippen molar-refractivity contribution in [3.05, 3.63) is 64.7 Å². The second-order valence-electron chi connectivity index (χ2n) is 4.56. The van der Waals surface area contributed by atoms with Crippen molar-refractivity contribution in [3.63, 3.8) is 0 Å². The minimum absolute atomic E-state index is 0.345. The SMILES string of the molecule is Cc1cccc(CSc2ccc(C(=O)O)cc2C)c1. The first-order chi connectivity index (χ1) is 9.06. The van der Waals surface area contributed by atoms with Gasteiger partial charge in [0.1, 0.15) is 0 Å². The van der Waals surface area contributed by atoms with Gasteiger partial charge in [0, 0.05) is 10.6 Å². The predicted molar refractivity (Wildman–Crippen MR) is 78.9 cm³/mol. The van der Waals surface area contributed by atoms with Gasteiger partial charge in [0.15, 0.2) is 0 Å². The highest BCUT2D eigenvalue weighted by Gasteiger charge is 2.06. The van der Waals surface area contributed by atoms with E-state index in [4.69, 9.17) is 5.11 Å². The van der Waals surface area contributed by atoms with E-state index < -0.39 is 5.97 Å². The Labute approximate surface area is 117 Å². The number of carbonyl (C=O) groups is 1. The van der Waals surface area contributed by atoms with Gasteiger partial charge >= 0.3 is 5.97 Å².